The van der Waals surface area contributed by atoms with Crippen LogP contribution in [0.1, 0.15) is 32.2 Å². The molecule has 2 N–H and O–H groups in total. The summed E-state index contributed by atoms with van der Waals surface area (Å²) in [6, 6.07) is 2.10. The first-order valence-corrected chi connectivity index (χ1v) is 7.03. The number of nitrogens with two attached hydrogens (primary N) is 1. The first-order valence-electron chi connectivity index (χ1n) is 7.03. The average Bonchev–Trinajstić information content (AvgIpc) is 2.67. The van der Waals surface area contributed by atoms with Crippen molar-refractivity contribution in [3.8, 4) is 0 Å². The summed E-state index contributed by atoms with van der Waals surface area (Å²) in [4.78, 5) is 6.54. The van der Waals surface area contributed by atoms with Gasteiger partial charge in [0.15, 0.2) is 5.96 Å². The highest BCUT2D eigenvalue weighted by molar-refractivity contribution is 5.77. The van der Waals surface area contributed by atoms with Crippen molar-refractivity contribution in [3.63, 3.8) is 0 Å². The molecule has 1 heterocycles. The minimum Gasteiger partial charge on any atom is -0.370 e. The van der Waals surface area contributed by atoms with Gasteiger partial charge >= 0.3 is 0 Å². The maximum absolute atomic E-state index is 5.97. The molecule has 0 radical (unpaired) electrons. The second kappa shape index (κ2) is 7.16. The summed E-state index contributed by atoms with van der Waals surface area (Å²) >= 11 is 0. The van der Waals surface area contributed by atoms with Gasteiger partial charge in [-0.25, -0.2) is 0 Å². The van der Waals surface area contributed by atoms with E-state index in [1.54, 1.807) is 0 Å². The highest BCUT2D eigenvalue weighted by atomic mass is 15.3. The smallest absolute Gasteiger partial charge is 0.191 e. The number of aromatic nitrogens is 2. The van der Waals surface area contributed by atoms with Crippen molar-refractivity contribution in [1.82, 2.24) is 14.7 Å². The number of aryl methyl sites for hydroxylation is 2. The zero-order valence-electron chi connectivity index (χ0n) is 12.8. The molecule has 0 saturated heterocycles. The number of rotatable bonds is 6. The van der Waals surface area contributed by atoms with Crippen LogP contribution in [0.25, 0.3) is 0 Å². The Morgan fingerprint density at radius 2 is 2.05 bits per heavy atom. The van der Waals surface area contributed by atoms with Gasteiger partial charge in [0.2, 0.25) is 0 Å². The number of aliphatic imine (C=N–C) groups is 1. The molecular formula is C14H27N5. The minimum atomic E-state index is 0.423. The van der Waals surface area contributed by atoms with Crippen molar-refractivity contribution in [3.05, 3.63) is 17.5 Å². The lowest BCUT2D eigenvalue weighted by molar-refractivity contribution is 0.434. The van der Waals surface area contributed by atoms with Crippen LogP contribution in [0.3, 0.4) is 0 Å². The van der Waals surface area contributed by atoms with Gasteiger partial charge in [-0.15, -0.1) is 0 Å². The second-order valence-corrected chi connectivity index (χ2v) is 5.09. The molecular weight excluding hydrogens is 238 g/mol. The van der Waals surface area contributed by atoms with Crippen LogP contribution in [-0.2, 0) is 6.54 Å². The molecule has 0 aliphatic heterocycles. The maximum Gasteiger partial charge on any atom is 0.191 e. The van der Waals surface area contributed by atoms with Crippen LogP contribution in [0.5, 0.6) is 0 Å². The molecule has 0 amide bonds. The van der Waals surface area contributed by atoms with E-state index in [0.717, 1.165) is 31.9 Å². The van der Waals surface area contributed by atoms with E-state index in [-0.39, 0.29) is 0 Å². The Morgan fingerprint density at radius 1 is 1.42 bits per heavy atom. The third-order valence-electron chi connectivity index (χ3n) is 3.24. The molecule has 108 valence electrons. The van der Waals surface area contributed by atoms with Crippen molar-refractivity contribution in [2.45, 2.75) is 41.2 Å². The minimum absolute atomic E-state index is 0.423. The van der Waals surface area contributed by atoms with Gasteiger partial charge in [0.05, 0.1) is 5.69 Å². The molecule has 5 nitrogen and oxygen atoms in total. The zero-order chi connectivity index (χ0) is 14.4. The van der Waals surface area contributed by atoms with E-state index in [1.165, 1.54) is 5.69 Å². The molecule has 1 unspecified atom stereocenters. The molecule has 1 aromatic heterocycles. The van der Waals surface area contributed by atoms with E-state index in [9.17, 15) is 0 Å². The number of guanidine groups is 1. The molecule has 0 spiro atoms. The summed E-state index contributed by atoms with van der Waals surface area (Å²) in [5.74, 6) is 1.07. The predicted molar refractivity (Wildman–Crippen MR) is 80.3 cm³/mol. The Labute approximate surface area is 116 Å². The van der Waals surface area contributed by atoms with E-state index in [1.807, 2.05) is 11.6 Å². The van der Waals surface area contributed by atoms with Gasteiger partial charge < -0.3 is 10.6 Å². The number of hydrogen-bond acceptors (Lipinski definition) is 2. The van der Waals surface area contributed by atoms with Crippen molar-refractivity contribution in [2.24, 2.45) is 16.6 Å². The van der Waals surface area contributed by atoms with Gasteiger partial charge in [-0.05, 0) is 39.7 Å². The molecule has 0 bridgehead atoms. The van der Waals surface area contributed by atoms with Gasteiger partial charge in [0.25, 0.3) is 0 Å². The van der Waals surface area contributed by atoms with Crippen molar-refractivity contribution < 1.29 is 0 Å². The van der Waals surface area contributed by atoms with Crippen LogP contribution >= 0.6 is 0 Å². The highest BCUT2D eigenvalue weighted by Gasteiger charge is 2.08. The fraction of sp³-hybridized carbons (Fsp3) is 0.714. The van der Waals surface area contributed by atoms with Gasteiger partial charge in [0.1, 0.15) is 0 Å². The summed E-state index contributed by atoms with van der Waals surface area (Å²) in [6.07, 6.45) is 0. The third kappa shape index (κ3) is 4.58. The Bertz CT molecular complexity index is 417. The summed E-state index contributed by atoms with van der Waals surface area (Å²) < 4.78 is 2.04. The normalized spacial score (nSPS) is 13.6. The average molecular weight is 265 g/mol. The van der Waals surface area contributed by atoms with Crippen LogP contribution in [0.4, 0.5) is 0 Å². The molecule has 0 saturated carbocycles. The lowest BCUT2D eigenvalue weighted by Gasteiger charge is -2.20. The van der Waals surface area contributed by atoms with Crippen LogP contribution in [0, 0.1) is 19.8 Å². The van der Waals surface area contributed by atoms with Gasteiger partial charge in [-0.2, -0.15) is 5.10 Å². The van der Waals surface area contributed by atoms with Gasteiger partial charge in [0, 0.05) is 31.9 Å². The molecule has 5 heteroatoms. The highest BCUT2D eigenvalue weighted by Crippen LogP contribution is 2.07. The van der Waals surface area contributed by atoms with E-state index < -0.39 is 0 Å². The van der Waals surface area contributed by atoms with Gasteiger partial charge in [-0.3, -0.25) is 9.67 Å². The van der Waals surface area contributed by atoms with Crippen LogP contribution in [-0.4, -0.2) is 40.3 Å². The predicted octanol–water partition coefficient (Wildman–Crippen LogP) is 1.79. The molecule has 1 aromatic rings. The van der Waals surface area contributed by atoms with E-state index in [4.69, 9.17) is 5.73 Å². The molecule has 1 atom stereocenters. The molecule has 0 fully saturated rings. The summed E-state index contributed by atoms with van der Waals surface area (Å²) in [7, 11) is 0. The first-order chi connectivity index (χ1) is 8.97. The quantitative estimate of drug-likeness (QED) is 0.630. The van der Waals surface area contributed by atoms with Crippen molar-refractivity contribution >= 4 is 5.96 Å². The number of hydrogen-bond donors (Lipinski definition) is 1. The van der Waals surface area contributed by atoms with E-state index >= 15 is 0 Å². The molecule has 1 rings (SSSR count). The fourth-order valence-electron chi connectivity index (χ4n) is 2.11. The largest absolute Gasteiger partial charge is 0.370 e. The van der Waals surface area contributed by atoms with Crippen LogP contribution in [0.2, 0.25) is 0 Å². The number of nitrogens with zero attached hydrogens (tertiary/aromatic N) is 4. The van der Waals surface area contributed by atoms with Crippen molar-refractivity contribution in [1.29, 1.82) is 0 Å². The van der Waals surface area contributed by atoms with E-state index in [2.05, 4.69) is 48.8 Å². The fourth-order valence-corrected chi connectivity index (χ4v) is 2.11. The standard InChI is InChI=1S/C14H27N5/c1-6-18(7-2)14(15)16-9-11(3)10-19-13(5)8-12(4)17-19/h8,11H,6-7,9-10H2,1-5H3,(H2,15,16). The monoisotopic (exact) mass is 265 g/mol. The lowest BCUT2D eigenvalue weighted by atomic mass is 10.2. The molecule has 0 aliphatic carbocycles. The maximum atomic E-state index is 5.97. The Kier molecular flexibility index (Phi) is 5.86. The van der Waals surface area contributed by atoms with Crippen molar-refractivity contribution in [2.75, 3.05) is 19.6 Å². The Hall–Kier alpha value is -1.52. The van der Waals surface area contributed by atoms with E-state index in [0.29, 0.717) is 11.9 Å². The summed E-state index contributed by atoms with van der Waals surface area (Å²) in [5, 5.41) is 4.47. The first kappa shape index (κ1) is 15.5. The summed E-state index contributed by atoms with van der Waals surface area (Å²) in [5.41, 5.74) is 8.23. The SMILES string of the molecule is CCN(CC)C(N)=NCC(C)Cn1nc(C)cc1C. The molecule has 0 aromatic carbocycles. The lowest BCUT2D eigenvalue weighted by Crippen LogP contribution is -2.37. The Morgan fingerprint density at radius 3 is 2.53 bits per heavy atom. The third-order valence-corrected chi connectivity index (χ3v) is 3.24. The zero-order valence-corrected chi connectivity index (χ0v) is 12.8. The molecule has 19 heavy (non-hydrogen) atoms. The second-order valence-electron chi connectivity index (χ2n) is 5.09. The van der Waals surface area contributed by atoms with Crippen LogP contribution < -0.4 is 5.73 Å². The topological polar surface area (TPSA) is 59.4 Å². The Balaban J connectivity index is 2.54. The van der Waals surface area contributed by atoms with Gasteiger partial charge in [-0.1, -0.05) is 6.92 Å². The molecule has 0 aliphatic rings. The summed E-state index contributed by atoms with van der Waals surface area (Å²) in [6.45, 7) is 13.9. The van der Waals surface area contributed by atoms with Crippen LogP contribution in [0.15, 0.2) is 11.1 Å².